The van der Waals surface area contributed by atoms with Crippen LogP contribution in [0, 0.1) is 5.21 Å². The van der Waals surface area contributed by atoms with Crippen molar-refractivity contribution in [2.75, 3.05) is 0 Å². The fourth-order valence-electron chi connectivity index (χ4n) is 0.812. The van der Waals surface area contributed by atoms with E-state index in [0.717, 1.165) is 11.1 Å². The molecular weight excluding hydrogens is 132 g/mol. The maximum absolute atomic E-state index is 10.8. The SMILES string of the molecule is CCCn1c(=O)ccn1[O-]. The predicted octanol–water partition coefficient (Wildman–Crippen LogP) is 0.406. The van der Waals surface area contributed by atoms with Crippen molar-refractivity contribution in [3.8, 4) is 0 Å². The van der Waals surface area contributed by atoms with Crippen LogP contribution in [0.3, 0.4) is 0 Å². The van der Waals surface area contributed by atoms with Gasteiger partial charge < -0.3 is 10.1 Å². The van der Waals surface area contributed by atoms with Crippen LogP contribution in [0.4, 0.5) is 0 Å². The summed E-state index contributed by atoms with van der Waals surface area (Å²) in [6.45, 7) is 2.41. The zero-order chi connectivity index (χ0) is 7.56. The van der Waals surface area contributed by atoms with Crippen molar-refractivity contribution in [2.45, 2.75) is 19.9 Å². The Hall–Kier alpha value is -1.19. The van der Waals surface area contributed by atoms with Gasteiger partial charge in [0.2, 0.25) is 0 Å². The number of hydrogen-bond donors (Lipinski definition) is 0. The fourth-order valence-corrected chi connectivity index (χ4v) is 0.812. The van der Waals surface area contributed by atoms with Gasteiger partial charge in [-0.2, -0.15) is 0 Å². The van der Waals surface area contributed by atoms with Crippen LogP contribution in [0.5, 0.6) is 0 Å². The fraction of sp³-hybridized carbons (Fsp3) is 0.500. The zero-order valence-electron chi connectivity index (χ0n) is 5.78. The summed E-state index contributed by atoms with van der Waals surface area (Å²) >= 11 is 0. The molecule has 0 atom stereocenters. The summed E-state index contributed by atoms with van der Waals surface area (Å²) in [5.41, 5.74) is -0.225. The topological polar surface area (TPSA) is 50.0 Å². The molecule has 0 radical (unpaired) electrons. The Bertz CT molecular complexity index is 261. The van der Waals surface area contributed by atoms with E-state index in [1.807, 2.05) is 6.92 Å². The van der Waals surface area contributed by atoms with Gasteiger partial charge in [0.05, 0.1) is 0 Å². The quantitative estimate of drug-likeness (QED) is 0.598. The first kappa shape index (κ1) is 6.92. The second-order valence-corrected chi connectivity index (χ2v) is 2.08. The Morgan fingerprint density at radius 2 is 2.40 bits per heavy atom. The molecule has 0 saturated heterocycles. The summed E-state index contributed by atoms with van der Waals surface area (Å²) < 4.78 is 1.15. The molecular formula is C6H9N2O2-. The minimum absolute atomic E-state index is 0.225. The van der Waals surface area contributed by atoms with Gasteiger partial charge in [-0.1, -0.05) is 6.92 Å². The van der Waals surface area contributed by atoms with E-state index in [0.29, 0.717) is 11.4 Å². The molecule has 4 nitrogen and oxygen atoms in total. The van der Waals surface area contributed by atoms with Gasteiger partial charge >= 0.3 is 0 Å². The third-order valence-corrected chi connectivity index (χ3v) is 1.27. The van der Waals surface area contributed by atoms with Gasteiger partial charge in [0.1, 0.15) is 0 Å². The highest BCUT2D eigenvalue weighted by Gasteiger charge is 1.93. The van der Waals surface area contributed by atoms with Gasteiger partial charge in [0.15, 0.2) is 0 Å². The lowest BCUT2D eigenvalue weighted by Gasteiger charge is -2.12. The number of aromatic nitrogens is 2. The Morgan fingerprint density at radius 1 is 1.70 bits per heavy atom. The van der Waals surface area contributed by atoms with Gasteiger partial charge in [-0.25, -0.2) is 0 Å². The van der Waals surface area contributed by atoms with Gasteiger partial charge in [0.25, 0.3) is 5.56 Å². The van der Waals surface area contributed by atoms with E-state index in [1.165, 1.54) is 12.3 Å². The van der Waals surface area contributed by atoms with Crippen molar-refractivity contribution in [3.63, 3.8) is 0 Å². The normalized spacial score (nSPS) is 10.1. The number of rotatable bonds is 2. The Morgan fingerprint density at radius 3 is 2.80 bits per heavy atom. The molecule has 1 aromatic heterocycles. The van der Waals surface area contributed by atoms with E-state index in [-0.39, 0.29) is 5.56 Å². The first-order chi connectivity index (χ1) is 4.75. The Kier molecular flexibility index (Phi) is 1.80. The van der Waals surface area contributed by atoms with Crippen LogP contribution < -0.4 is 5.56 Å². The molecule has 1 rings (SSSR count). The highest BCUT2D eigenvalue weighted by atomic mass is 16.5. The van der Waals surface area contributed by atoms with Crippen LogP contribution in [0.2, 0.25) is 0 Å². The van der Waals surface area contributed by atoms with Gasteiger partial charge in [-0.15, -0.1) is 0 Å². The zero-order valence-corrected chi connectivity index (χ0v) is 5.78. The third-order valence-electron chi connectivity index (χ3n) is 1.27. The molecule has 10 heavy (non-hydrogen) atoms. The van der Waals surface area contributed by atoms with E-state index >= 15 is 0 Å². The van der Waals surface area contributed by atoms with Crippen LogP contribution in [-0.2, 0) is 6.54 Å². The van der Waals surface area contributed by atoms with E-state index in [4.69, 9.17) is 0 Å². The van der Waals surface area contributed by atoms with E-state index in [1.54, 1.807) is 0 Å². The van der Waals surface area contributed by atoms with Crippen molar-refractivity contribution < 1.29 is 0 Å². The summed E-state index contributed by atoms with van der Waals surface area (Å²) in [6, 6.07) is 1.27. The molecule has 0 aliphatic rings. The molecule has 0 unspecified atom stereocenters. The van der Waals surface area contributed by atoms with Crippen molar-refractivity contribution >= 4 is 0 Å². The van der Waals surface area contributed by atoms with Crippen molar-refractivity contribution in [1.29, 1.82) is 0 Å². The summed E-state index contributed by atoms with van der Waals surface area (Å²) in [5.74, 6) is 0. The van der Waals surface area contributed by atoms with E-state index in [2.05, 4.69) is 0 Å². The summed E-state index contributed by atoms with van der Waals surface area (Å²) in [6.07, 6.45) is 2.02. The molecule has 1 heterocycles. The number of hydrogen-bond acceptors (Lipinski definition) is 2. The van der Waals surface area contributed by atoms with Crippen LogP contribution in [0.1, 0.15) is 13.3 Å². The largest absolute Gasteiger partial charge is 0.792 e. The third kappa shape index (κ3) is 1.05. The van der Waals surface area contributed by atoms with Crippen LogP contribution in [0.25, 0.3) is 0 Å². The van der Waals surface area contributed by atoms with E-state index in [9.17, 15) is 10.0 Å². The smallest absolute Gasteiger partial charge is 0.266 e. The average molecular weight is 141 g/mol. The van der Waals surface area contributed by atoms with Gasteiger partial charge in [-0.05, 0) is 6.42 Å². The molecule has 0 saturated carbocycles. The first-order valence-electron chi connectivity index (χ1n) is 3.21. The lowest BCUT2D eigenvalue weighted by atomic mass is 10.5. The van der Waals surface area contributed by atoms with E-state index < -0.39 is 0 Å². The molecule has 0 fully saturated rings. The van der Waals surface area contributed by atoms with Crippen molar-refractivity contribution in [2.24, 2.45) is 0 Å². The predicted molar refractivity (Wildman–Crippen MR) is 37.7 cm³/mol. The first-order valence-corrected chi connectivity index (χ1v) is 3.21. The van der Waals surface area contributed by atoms with Crippen LogP contribution >= 0.6 is 0 Å². The Balaban J connectivity index is 2.99. The molecule has 56 valence electrons. The van der Waals surface area contributed by atoms with Gasteiger partial charge in [-0.3, -0.25) is 9.48 Å². The number of nitrogens with zero attached hydrogens (tertiary/aromatic N) is 2. The molecule has 0 N–H and O–H groups in total. The van der Waals surface area contributed by atoms with Crippen molar-refractivity contribution in [3.05, 3.63) is 27.8 Å². The van der Waals surface area contributed by atoms with Crippen molar-refractivity contribution in [1.82, 2.24) is 9.53 Å². The molecule has 0 aromatic carbocycles. The summed E-state index contributed by atoms with van der Waals surface area (Å²) in [7, 11) is 0. The highest BCUT2D eigenvalue weighted by molar-refractivity contribution is 4.84. The van der Waals surface area contributed by atoms with Crippen LogP contribution in [0.15, 0.2) is 17.1 Å². The second-order valence-electron chi connectivity index (χ2n) is 2.08. The monoisotopic (exact) mass is 141 g/mol. The van der Waals surface area contributed by atoms with Gasteiger partial charge in [0, 0.05) is 18.8 Å². The molecule has 0 spiro atoms. The summed E-state index contributed by atoms with van der Waals surface area (Å²) in [5, 5.41) is 10.7. The average Bonchev–Trinajstić information content (AvgIpc) is 2.20. The molecule has 0 aliphatic heterocycles. The lowest BCUT2D eigenvalue weighted by Crippen LogP contribution is -2.19. The minimum Gasteiger partial charge on any atom is -0.792 e. The summed E-state index contributed by atoms with van der Waals surface area (Å²) in [4.78, 5) is 11.3. The lowest BCUT2D eigenvalue weighted by molar-refractivity contribution is 0.528. The maximum atomic E-state index is 10.8. The maximum Gasteiger partial charge on any atom is 0.266 e. The molecule has 4 heteroatoms. The Labute approximate surface area is 58.3 Å². The molecule has 0 aliphatic carbocycles. The van der Waals surface area contributed by atoms with Crippen LogP contribution in [-0.4, -0.2) is 9.53 Å². The minimum atomic E-state index is -0.225. The molecule has 0 bridgehead atoms. The highest BCUT2D eigenvalue weighted by Crippen LogP contribution is 1.85. The molecule has 0 amide bonds. The second kappa shape index (κ2) is 2.60. The molecule has 1 aromatic rings. The standard InChI is InChI=1S/C6H9N2O2/c1-2-4-7-6(9)3-5-8(7)10/h3,5H,2,4H2,1H3/q-1.